The highest BCUT2D eigenvalue weighted by Gasteiger charge is 2.24. The van der Waals surface area contributed by atoms with Gasteiger partial charge in [-0.15, -0.1) is 30.6 Å². The van der Waals surface area contributed by atoms with Crippen LogP contribution in [0.1, 0.15) is 64.1 Å². The van der Waals surface area contributed by atoms with Crippen LogP contribution in [0.15, 0.2) is 478 Å². The second kappa shape index (κ2) is 40.9. The Kier molecular flexibility index (Phi) is 26.4. The van der Waals surface area contributed by atoms with Crippen molar-refractivity contribution in [2.24, 2.45) is 0 Å². The van der Waals surface area contributed by atoms with E-state index in [4.69, 9.17) is 14.4 Å². The van der Waals surface area contributed by atoms with E-state index in [0.29, 0.717) is 11.8 Å². The minimum absolute atomic E-state index is 0.108. The zero-order chi connectivity index (χ0) is 96.2. The molecule has 0 saturated heterocycles. The maximum absolute atomic E-state index is 5.90. The van der Waals surface area contributed by atoms with E-state index in [9.17, 15) is 0 Å². The van der Waals surface area contributed by atoms with E-state index in [1.807, 2.05) is 140 Å². The molecule has 0 aliphatic rings. The quantitative estimate of drug-likeness (QED) is 0.0957. The van der Waals surface area contributed by atoms with Crippen LogP contribution in [0.25, 0.3) is 201 Å². The number of hydrogen-bond acceptors (Lipinski definition) is 11. The number of fused-ring (bicyclic) bond motifs is 7. The standard InChI is InChI=1S/C30H27N3.C26H20N2.C24H17N3.C24H22N2O.C24H16N2/c1-30(2,3)26-20-18-25(19-21-26)29-32-31-28(33(29)27-12-8-5-9-13-27)24-16-14-23(15-17-24)22-10-6-4-7-11-22;1-17-15-23(19-9-5-3-6-10-19)21-13-14-22-24(20-11-7-4-8-12-20)16-18(2)28-26(22)25(21)27-17;1-3-11-19(12-4-1)23-25-26-24(20-13-5-2-6-14-20)27(23)22-17-9-15-18-10-7-8-16-21(18)22;1-24(2,3)21-15-13-20(14-16-21)23-26-25-22(27-23)19-11-9-18(10-12-19)17-7-5-4-6-8-17;1-3-7-17(8-4-1)19-13-15-25-23-21(19)11-12-22-20(14-16-26-24(22)23)18-9-5-2-6-10-18/h4-21H,1-3H3;3-16H,1-2H3;1-17H;4-16H,1-3H3;1-16H. The first-order valence-corrected chi connectivity index (χ1v) is 47.6. The molecule has 0 N–H and O–H groups in total. The third-order valence-corrected chi connectivity index (χ3v) is 25.3. The van der Waals surface area contributed by atoms with Crippen molar-refractivity contribution in [1.29, 1.82) is 0 Å². The molecular formula is C128H102N12O. The van der Waals surface area contributed by atoms with E-state index >= 15 is 0 Å². The zero-order valence-electron chi connectivity index (χ0n) is 79.8. The van der Waals surface area contributed by atoms with E-state index in [0.717, 1.165) is 129 Å². The van der Waals surface area contributed by atoms with Crippen molar-refractivity contribution in [2.45, 2.75) is 66.2 Å². The van der Waals surface area contributed by atoms with Gasteiger partial charge in [-0.1, -0.05) is 436 Å². The highest BCUT2D eigenvalue weighted by molar-refractivity contribution is 6.13. The van der Waals surface area contributed by atoms with Crippen molar-refractivity contribution in [1.82, 2.24) is 59.7 Å². The molecule has 0 aliphatic heterocycles. The molecule has 24 rings (SSSR count). The normalized spacial score (nSPS) is 11.3. The van der Waals surface area contributed by atoms with Gasteiger partial charge in [0.2, 0.25) is 11.8 Å². The van der Waals surface area contributed by atoms with Crippen molar-refractivity contribution < 1.29 is 4.42 Å². The minimum atomic E-state index is 0.108. The fourth-order valence-electron chi connectivity index (χ4n) is 18.0. The smallest absolute Gasteiger partial charge is 0.248 e. The molecule has 141 heavy (non-hydrogen) atoms. The Morgan fingerprint density at radius 1 is 0.213 bits per heavy atom. The van der Waals surface area contributed by atoms with Gasteiger partial charge in [-0.2, -0.15) is 0 Å². The number of benzene rings is 17. The molecule has 7 aromatic heterocycles. The molecule has 0 bridgehead atoms. The van der Waals surface area contributed by atoms with Crippen molar-refractivity contribution >= 4 is 54.4 Å². The zero-order valence-corrected chi connectivity index (χ0v) is 79.8. The fourth-order valence-corrected chi connectivity index (χ4v) is 18.0. The Morgan fingerprint density at radius 2 is 0.489 bits per heavy atom. The Morgan fingerprint density at radius 3 is 0.865 bits per heavy atom. The number of rotatable bonds is 14. The molecule has 0 radical (unpaired) electrons. The van der Waals surface area contributed by atoms with Gasteiger partial charge >= 0.3 is 0 Å². The van der Waals surface area contributed by atoms with E-state index < -0.39 is 0 Å². The lowest BCUT2D eigenvalue weighted by atomic mass is 9.86. The summed E-state index contributed by atoms with van der Waals surface area (Å²) < 4.78 is 10.2. The second-order valence-electron chi connectivity index (χ2n) is 36.9. The lowest BCUT2D eigenvalue weighted by Gasteiger charge is -2.19. The van der Waals surface area contributed by atoms with Gasteiger partial charge in [0, 0.05) is 89.8 Å². The molecule has 0 aliphatic carbocycles. The number of pyridine rings is 4. The molecule has 13 nitrogen and oxygen atoms in total. The summed E-state index contributed by atoms with van der Waals surface area (Å²) in [6.45, 7) is 17.4. The average molecular weight is 1820 g/mol. The molecule has 680 valence electrons. The lowest BCUT2D eigenvalue weighted by Crippen LogP contribution is -2.10. The van der Waals surface area contributed by atoms with E-state index in [1.54, 1.807) is 0 Å². The average Bonchev–Trinajstić information content (AvgIpc) is 1.62. The van der Waals surface area contributed by atoms with Crippen molar-refractivity contribution in [2.75, 3.05) is 0 Å². The van der Waals surface area contributed by atoms with E-state index in [-0.39, 0.29) is 10.8 Å². The van der Waals surface area contributed by atoms with Crippen LogP contribution in [0.3, 0.4) is 0 Å². The van der Waals surface area contributed by atoms with Gasteiger partial charge in [0.1, 0.15) is 0 Å². The molecule has 0 fully saturated rings. The van der Waals surface area contributed by atoms with Crippen molar-refractivity contribution in [3.63, 3.8) is 0 Å². The minimum Gasteiger partial charge on any atom is -0.416 e. The molecule has 13 heteroatoms. The summed E-state index contributed by atoms with van der Waals surface area (Å²) in [5.74, 6) is 4.42. The second-order valence-corrected chi connectivity index (χ2v) is 36.9. The third kappa shape index (κ3) is 20.1. The van der Waals surface area contributed by atoms with Crippen LogP contribution in [-0.2, 0) is 10.8 Å². The highest BCUT2D eigenvalue weighted by Crippen LogP contribution is 2.42. The fraction of sp³-hybridized carbons (Fsp3) is 0.0781. The first-order chi connectivity index (χ1) is 69.0. The molecule has 17 aromatic carbocycles. The third-order valence-electron chi connectivity index (χ3n) is 25.3. The highest BCUT2D eigenvalue weighted by atomic mass is 16.4. The van der Waals surface area contributed by atoms with Crippen LogP contribution in [0.4, 0.5) is 0 Å². The van der Waals surface area contributed by atoms with Crippen molar-refractivity contribution in [3.8, 4) is 147 Å². The largest absolute Gasteiger partial charge is 0.416 e. The molecule has 7 heterocycles. The first kappa shape index (κ1) is 90.8. The molecule has 0 atom stereocenters. The topological polar surface area (TPSA) is 152 Å². The maximum atomic E-state index is 5.90. The van der Waals surface area contributed by atoms with Gasteiger partial charge in [-0.05, 0) is 175 Å². The number of nitrogens with zero attached hydrogens (tertiary/aromatic N) is 12. The number of aryl methyl sites for hydroxylation is 2. The molecule has 0 amide bonds. The van der Waals surface area contributed by atoms with Gasteiger partial charge in [0.15, 0.2) is 23.3 Å². The molecule has 24 aromatic rings. The number of hydrogen-bond donors (Lipinski definition) is 0. The summed E-state index contributed by atoms with van der Waals surface area (Å²) in [7, 11) is 0. The summed E-state index contributed by atoms with van der Waals surface area (Å²) in [5, 5.41) is 33.7. The predicted octanol–water partition coefficient (Wildman–Crippen LogP) is 32.5. The maximum Gasteiger partial charge on any atom is 0.248 e. The Hall–Kier alpha value is -17.9. The number of para-hydroxylation sites is 1. The summed E-state index contributed by atoms with van der Waals surface area (Å²) in [5.41, 5.74) is 31.1. The Balaban J connectivity index is 0.000000108. The van der Waals surface area contributed by atoms with E-state index in [1.165, 1.54) is 83.1 Å². The van der Waals surface area contributed by atoms with Crippen LogP contribution in [0.5, 0.6) is 0 Å². The van der Waals surface area contributed by atoms with E-state index in [2.05, 4.69) is 439 Å². The van der Waals surface area contributed by atoms with Crippen LogP contribution >= 0.6 is 0 Å². The molecule has 0 unspecified atom stereocenters. The number of aromatic nitrogens is 12. The summed E-state index contributed by atoms with van der Waals surface area (Å²) in [4.78, 5) is 19.1. The van der Waals surface area contributed by atoms with Gasteiger partial charge in [-0.25, -0.2) is 0 Å². The Bertz CT molecular complexity index is 8140. The van der Waals surface area contributed by atoms with Crippen LogP contribution in [-0.4, -0.2) is 59.7 Å². The summed E-state index contributed by atoms with van der Waals surface area (Å²) in [6.07, 6.45) is 3.75. The van der Waals surface area contributed by atoms with Crippen LogP contribution in [0, 0.1) is 13.8 Å². The lowest BCUT2D eigenvalue weighted by molar-refractivity contribution is 0.582. The van der Waals surface area contributed by atoms with Crippen molar-refractivity contribution in [3.05, 3.63) is 496 Å². The SMILES string of the molecule is CC(C)(C)c1ccc(-c2nnc(-c3ccc(-c4ccccc4)cc3)n2-c2ccccc2)cc1.CC(C)(C)c1ccc(-c2nnc(-c3ccc(-c4ccccc4)cc3)o2)cc1.Cc1cc(-c2ccccc2)c2ccc3c(-c4ccccc4)cc(C)nc3c2n1.c1ccc(-c2ccnc3c2ccc2c(-c4ccccc4)ccnc23)cc1.c1ccc(-c2nnc(-c3ccccc3)n2-c2cccc3ccccc23)cc1. The van der Waals surface area contributed by atoms with Crippen LogP contribution < -0.4 is 0 Å². The predicted molar refractivity (Wildman–Crippen MR) is 581 cm³/mol. The summed E-state index contributed by atoms with van der Waals surface area (Å²) in [6, 6.07) is 159. The monoisotopic (exact) mass is 1820 g/mol. The van der Waals surface area contributed by atoms with Gasteiger partial charge < -0.3 is 4.42 Å². The Labute approximate surface area is 821 Å². The van der Waals surface area contributed by atoms with Crippen LogP contribution in [0.2, 0.25) is 0 Å². The molecule has 0 saturated carbocycles. The molecular weight excluding hydrogens is 1720 g/mol. The summed E-state index contributed by atoms with van der Waals surface area (Å²) >= 11 is 0. The van der Waals surface area contributed by atoms with Gasteiger partial charge in [-0.3, -0.25) is 29.1 Å². The molecule has 0 spiro atoms. The first-order valence-electron chi connectivity index (χ1n) is 47.6. The van der Waals surface area contributed by atoms with Gasteiger partial charge in [0.25, 0.3) is 0 Å². The van der Waals surface area contributed by atoms with Gasteiger partial charge in [0.05, 0.1) is 27.8 Å².